The van der Waals surface area contributed by atoms with Crippen molar-refractivity contribution in [2.24, 2.45) is 0 Å². The van der Waals surface area contributed by atoms with Crippen LogP contribution in [0, 0.1) is 0 Å². The third kappa shape index (κ3) is 18.2. The molecule has 32 heavy (non-hydrogen) atoms. The van der Waals surface area contributed by atoms with Crippen LogP contribution in [0.5, 0.6) is 0 Å². The van der Waals surface area contributed by atoms with Gasteiger partial charge in [0.2, 0.25) is 0 Å². The van der Waals surface area contributed by atoms with Crippen LogP contribution >= 0.6 is 0 Å². The molecule has 0 fully saturated rings. The summed E-state index contributed by atoms with van der Waals surface area (Å²) < 4.78 is 41.1. The summed E-state index contributed by atoms with van der Waals surface area (Å²) in [6.45, 7) is 5.47. The fourth-order valence-electron chi connectivity index (χ4n) is 3.52. The molecule has 0 aliphatic rings. The maximum absolute atomic E-state index is 11.9. The molecule has 0 spiro atoms. The van der Waals surface area contributed by atoms with Crippen LogP contribution in [0.3, 0.4) is 0 Å². The Morgan fingerprint density at radius 2 is 1.22 bits per heavy atom. The highest BCUT2D eigenvalue weighted by Gasteiger charge is 2.35. The maximum Gasteiger partial charge on any atom is 0.327 e. The van der Waals surface area contributed by atoms with E-state index in [0.717, 1.165) is 25.5 Å². The second kappa shape index (κ2) is 20.2. The Morgan fingerprint density at radius 1 is 0.812 bits per heavy atom. The molecule has 0 aliphatic heterocycles. The first kappa shape index (κ1) is 30.6. The van der Waals surface area contributed by atoms with E-state index in [2.05, 4.69) is 18.2 Å². The number of carbonyl (C=O) groups is 2. The number of carbonyl (C=O) groups excluding carboxylic acids is 2. The van der Waals surface area contributed by atoms with Crippen molar-refractivity contribution in [1.82, 2.24) is 0 Å². The largest absolute Gasteiger partial charge is 0.465 e. The van der Waals surface area contributed by atoms with Crippen LogP contribution < -0.4 is 0 Å². The molecule has 1 N–H and O–H groups in total. The van der Waals surface area contributed by atoms with Crippen LogP contribution in [0.15, 0.2) is 12.8 Å². The second-order valence-corrected chi connectivity index (χ2v) is 9.93. The molecule has 0 amide bonds. The molecule has 8 heteroatoms. The highest BCUT2D eigenvalue weighted by atomic mass is 32.2. The van der Waals surface area contributed by atoms with Gasteiger partial charge in [-0.05, 0) is 6.42 Å². The maximum atomic E-state index is 11.9. The summed E-state index contributed by atoms with van der Waals surface area (Å²) in [6.07, 6.45) is 19.6. The van der Waals surface area contributed by atoms with Crippen LogP contribution in [0.4, 0.5) is 0 Å². The topological polar surface area (TPSA) is 107 Å². The molecule has 0 bridgehead atoms. The Kier molecular flexibility index (Phi) is 19.3. The molecule has 0 radical (unpaired) electrons. The van der Waals surface area contributed by atoms with E-state index in [1.807, 2.05) is 0 Å². The second-order valence-electron chi connectivity index (χ2n) is 8.34. The minimum atomic E-state index is -4.76. The first-order chi connectivity index (χ1) is 15.3. The SMILES string of the molecule is C=COC(=O)CC(C(=O)OCCCCCCCCCCCCCCCCCC)S(=O)(=O)O. The molecular formula is C24H44O7S. The minimum absolute atomic E-state index is 0.0554. The monoisotopic (exact) mass is 476 g/mol. The first-order valence-electron chi connectivity index (χ1n) is 12.3. The molecule has 0 rings (SSSR count). The van der Waals surface area contributed by atoms with E-state index < -0.39 is 33.7 Å². The fourth-order valence-corrected chi connectivity index (χ4v) is 4.18. The Hall–Kier alpha value is -1.41. The Morgan fingerprint density at radius 3 is 1.59 bits per heavy atom. The van der Waals surface area contributed by atoms with Gasteiger partial charge in [-0.2, -0.15) is 8.42 Å². The van der Waals surface area contributed by atoms with E-state index in [1.54, 1.807) is 0 Å². The van der Waals surface area contributed by atoms with Gasteiger partial charge in [0, 0.05) is 0 Å². The third-order valence-electron chi connectivity index (χ3n) is 5.43. The number of esters is 2. The summed E-state index contributed by atoms with van der Waals surface area (Å²) in [5.41, 5.74) is 0. The van der Waals surface area contributed by atoms with Gasteiger partial charge in [-0.15, -0.1) is 0 Å². The van der Waals surface area contributed by atoms with Gasteiger partial charge in [0.25, 0.3) is 10.1 Å². The molecule has 0 saturated carbocycles. The lowest BCUT2D eigenvalue weighted by Gasteiger charge is -2.12. The quantitative estimate of drug-likeness (QED) is 0.0867. The van der Waals surface area contributed by atoms with Gasteiger partial charge in [-0.3, -0.25) is 14.1 Å². The summed E-state index contributed by atoms with van der Waals surface area (Å²) >= 11 is 0. The van der Waals surface area contributed by atoms with Crippen molar-refractivity contribution in [2.75, 3.05) is 6.61 Å². The number of rotatable bonds is 22. The zero-order valence-corrected chi connectivity index (χ0v) is 20.7. The molecule has 7 nitrogen and oxygen atoms in total. The molecule has 1 unspecified atom stereocenters. The number of ether oxygens (including phenoxy) is 2. The summed E-state index contributed by atoms with van der Waals surface area (Å²) in [6, 6.07) is 0. The predicted molar refractivity (Wildman–Crippen MR) is 127 cm³/mol. The van der Waals surface area contributed by atoms with E-state index >= 15 is 0 Å². The van der Waals surface area contributed by atoms with E-state index in [4.69, 9.17) is 9.29 Å². The van der Waals surface area contributed by atoms with Crippen molar-refractivity contribution in [3.05, 3.63) is 12.8 Å². The molecule has 0 aliphatic carbocycles. The number of hydrogen-bond donors (Lipinski definition) is 1. The smallest absolute Gasteiger partial charge is 0.327 e. The van der Waals surface area contributed by atoms with Crippen molar-refractivity contribution in [3.8, 4) is 0 Å². The first-order valence-corrected chi connectivity index (χ1v) is 13.8. The van der Waals surface area contributed by atoms with E-state index in [1.165, 1.54) is 77.0 Å². The van der Waals surface area contributed by atoms with Gasteiger partial charge in [0.15, 0.2) is 5.25 Å². The Balaban J connectivity index is 3.63. The summed E-state index contributed by atoms with van der Waals surface area (Å²) in [4.78, 5) is 23.3. The normalized spacial score (nSPS) is 12.3. The lowest BCUT2D eigenvalue weighted by Crippen LogP contribution is -2.34. The van der Waals surface area contributed by atoms with Gasteiger partial charge in [-0.1, -0.05) is 110 Å². The van der Waals surface area contributed by atoms with Crippen LogP contribution in [0.1, 0.15) is 116 Å². The zero-order chi connectivity index (χ0) is 24.1. The predicted octanol–water partition coefficient (Wildman–Crippen LogP) is 6.12. The standard InChI is InChI=1S/C24H44O7S/c1-3-5-6-7-8-9-10-11-12-13-14-15-16-17-18-19-20-31-24(26)22(32(27,28)29)21-23(25)30-4-2/h4,22H,2-3,5-21H2,1H3,(H,27,28,29). The molecule has 0 aromatic carbocycles. The molecule has 0 saturated heterocycles. The molecule has 0 heterocycles. The van der Waals surface area contributed by atoms with Crippen molar-refractivity contribution in [1.29, 1.82) is 0 Å². The zero-order valence-electron chi connectivity index (χ0n) is 19.9. The average molecular weight is 477 g/mol. The van der Waals surface area contributed by atoms with E-state index in [-0.39, 0.29) is 6.61 Å². The minimum Gasteiger partial charge on any atom is -0.465 e. The Labute approximate surface area is 195 Å². The third-order valence-corrected chi connectivity index (χ3v) is 6.51. The van der Waals surface area contributed by atoms with E-state index in [9.17, 15) is 18.0 Å². The molecule has 1 atom stereocenters. The van der Waals surface area contributed by atoms with Crippen molar-refractivity contribution in [2.45, 2.75) is 121 Å². The highest BCUT2D eigenvalue weighted by Crippen LogP contribution is 2.14. The van der Waals surface area contributed by atoms with Crippen molar-refractivity contribution in [3.63, 3.8) is 0 Å². The average Bonchev–Trinajstić information content (AvgIpc) is 2.73. The van der Waals surface area contributed by atoms with Gasteiger partial charge in [-0.25, -0.2) is 0 Å². The van der Waals surface area contributed by atoms with Crippen LogP contribution in [-0.2, 0) is 29.2 Å². The molecule has 0 aromatic rings. The Bertz CT molecular complexity index is 601. The number of unbranched alkanes of at least 4 members (excludes halogenated alkanes) is 15. The van der Waals surface area contributed by atoms with Gasteiger partial charge >= 0.3 is 11.9 Å². The van der Waals surface area contributed by atoms with Crippen LogP contribution in [0.25, 0.3) is 0 Å². The summed E-state index contributed by atoms with van der Waals surface area (Å²) in [7, 11) is -4.76. The van der Waals surface area contributed by atoms with Crippen LogP contribution in [0.2, 0.25) is 0 Å². The summed E-state index contributed by atoms with van der Waals surface area (Å²) in [5, 5.41) is -1.98. The molecule has 188 valence electrons. The van der Waals surface area contributed by atoms with Gasteiger partial charge in [0.1, 0.15) is 0 Å². The fraction of sp³-hybridized carbons (Fsp3) is 0.833. The number of hydrogen-bond acceptors (Lipinski definition) is 6. The van der Waals surface area contributed by atoms with Crippen molar-refractivity contribution < 1.29 is 32.0 Å². The van der Waals surface area contributed by atoms with Gasteiger partial charge < -0.3 is 9.47 Å². The molecule has 0 aromatic heterocycles. The lowest BCUT2D eigenvalue weighted by molar-refractivity contribution is -0.147. The summed E-state index contributed by atoms with van der Waals surface area (Å²) in [5.74, 6) is -2.13. The highest BCUT2D eigenvalue weighted by molar-refractivity contribution is 7.87. The van der Waals surface area contributed by atoms with Crippen LogP contribution in [-0.4, -0.2) is 36.8 Å². The molecular weight excluding hydrogens is 432 g/mol. The van der Waals surface area contributed by atoms with Crippen molar-refractivity contribution >= 4 is 22.1 Å². The lowest BCUT2D eigenvalue weighted by atomic mass is 10.0. The van der Waals surface area contributed by atoms with E-state index in [0.29, 0.717) is 6.42 Å². The van der Waals surface area contributed by atoms with Gasteiger partial charge in [0.05, 0.1) is 19.3 Å².